The van der Waals surface area contributed by atoms with Crippen LogP contribution in [0.2, 0.25) is 0 Å². The highest BCUT2D eigenvalue weighted by Gasteiger charge is 2.27. The molecule has 16 heavy (non-hydrogen) atoms. The standard InChI is InChI=1S/C12H11NO3/c1-6-3-10(14)8-5-11-9(4-7(6)8)13(2)12(15)16-11/h4-6H,3H2,1-2H3/t6-/m0/s1. The van der Waals surface area contributed by atoms with Gasteiger partial charge in [-0.15, -0.1) is 0 Å². The first-order valence-corrected chi connectivity index (χ1v) is 5.24. The van der Waals surface area contributed by atoms with E-state index < -0.39 is 5.76 Å². The van der Waals surface area contributed by atoms with Crippen LogP contribution < -0.4 is 5.76 Å². The second-order valence-corrected chi connectivity index (χ2v) is 4.36. The Bertz CT molecular complexity index is 663. The molecule has 1 aromatic heterocycles. The molecule has 1 aromatic carbocycles. The second-order valence-electron chi connectivity index (χ2n) is 4.36. The highest BCUT2D eigenvalue weighted by molar-refractivity contribution is 6.03. The highest BCUT2D eigenvalue weighted by Crippen LogP contribution is 2.34. The smallest absolute Gasteiger partial charge is 0.408 e. The number of fused-ring (bicyclic) bond motifs is 2. The quantitative estimate of drug-likeness (QED) is 0.676. The molecular formula is C12H11NO3. The first kappa shape index (κ1) is 9.39. The van der Waals surface area contributed by atoms with E-state index in [1.165, 1.54) is 4.57 Å². The van der Waals surface area contributed by atoms with E-state index >= 15 is 0 Å². The molecule has 0 aliphatic heterocycles. The molecule has 0 amide bonds. The van der Waals surface area contributed by atoms with Gasteiger partial charge in [-0.1, -0.05) is 6.92 Å². The molecule has 0 spiro atoms. The molecule has 1 aliphatic rings. The molecule has 0 saturated carbocycles. The van der Waals surface area contributed by atoms with Gasteiger partial charge in [0.2, 0.25) is 0 Å². The first-order valence-electron chi connectivity index (χ1n) is 5.24. The molecule has 1 atom stereocenters. The summed E-state index contributed by atoms with van der Waals surface area (Å²) in [5, 5.41) is 0. The fourth-order valence-electron chi connectivity index (χ4n) is 2.34. The van der Waals surface area contributed by atoms with E-state index in [4.69, 9.17) is 4.42 Å². The number of carbonyl (C=O) groups is 1. The largest absolute Gasteiger partial charge is 0.419 e. The third-order valence-electron chi connectivity index (χ3n) is 3.29. The van der Waals surface area contributed by atoms with Crippen LogP contribution in [0, 0.1) is 0 Å². The summed E-state index contributed by atoms with van der Waals surface area (Å²) in [5.41, 5.74) is 2.97. The maximum absolute atomic E-state index is 11.7. The number of hydrogen-bond acceptors (Lipinski definition) is 3. The van der Waals surface area contributed by atoms with Crippen LogP contribution in [0.4, 0.5) is 0 Å². The first-order chi connectivity index (χ1) is 7.58. The molecule has 0 unspecified atom stereocenters. The van der Waals surface area contributed by atoms with E-state index in [1.807, 2.05) is 13.0 Å². The van der Waals surface area contributed by atoms with Crippen molar-refractivity contribution in [2.75, 3.05) is 0 Å². The monoisotopic (exact) mass is 217 g/mol. The molecule has 4 nitrogen and oxygen atoms in total. The third-order valence-corrected chi connectivity index (χ3v) is 3.29. The third kappa shape index (κ3) is 1.04. The number of aromatic nitrogens is 1. The summed E-state index contributed by atoms with van der Waals surface area (Å²) in [5.74, 6) is -0.0217. The Morgan fingerprint density at radius 2 is 2.12 bits per heavy atom. The lowest BCUT2D eigenvalue weighted by Crippen LogP contribution is -2.08. The SMILES string of the molecule is C[C@H]1CC(=O)c2cc3oc(=O)n(C)c3cc21. The van der Waals surface area contributed by atoms with Crippen LogP contribution in [0.3, 0.4) is 0 Å². The Kier molecular flexibility index (Phi) is 1.67. The van der Waals surface area contributed by atoms with Gasteiger partial charge in [-0.05, 0) is 23.6 Å². The van der Waals surface area contributed by atoms with Gasteiger partial charge in [-0.25, -0.2) is 4.79 Å². The van der Waals surface area contributed by atoms with Crippen molar-refractivity contribution in [3.05, 3.63) is 33.8 Å². The van der Waals surface area contributed by atoms with Gasteiger partial charge in [0.05, 0.1) is 5.52 Å². The van der Waals surface area contributed by atoms with Gasteiger partial charge in [0.25, 0.3) is 0 Å². The van der Waals surface area contributed by atoms with Crippen LogP contribution in [-0.2, 0) is 7.05 Å². The lowest BCUT2D eigenvalue weighted by atomic mass is 10.0. The fourth-order valence-corrected chi connectivity index (χ4v) is 2.34. The number of Topliss-reactive ketones (excluding diaryl/α,β-unsaturated/α-hetero) is 1. The summed E-state index contributed by atoms with van der Waals surface area (Å²) in [4.78, 5) is 23.0. The van der Waals surface area contributed by atoms with Crippen LogP contribution in [-0.4, -0.2) is 10.4 Å². The molecule has 1 aliphatic carbocycles. The van der Waals surface area contributed by atoms with Crippen LogP contribution in [0.25, 0.3) is 11.1 Å². The highest BCUT2D eigenvalue weighted by atomic mass is 16.4. The van der Waals surface area contributed by atoms with Crippen molar-refractivity contribution in [1.29, 1.82) is 0 Å². The molecule has 82 valence electrons. The van der Waals surface area contributed by atoms with Gasteiger partial charge < -0.3 is 4.42 Å². The van der Waals surface area contributed by atoms with E-state index in [2.05, 4.69) is 0 Å². The molecule has 0 saturated heterocycles. The predicted octanol–water partition coefficient (Wildman–Crippen LogP) is 1.82. The van der Waals surface area contributed by atoms with Gasteiger partial charge in [-0.2, -0.15) is 0 Å². The minimum Gasteiger partial charge on any atom is -0.408 e. The van der Waals surface area contributed by atoms with E-state index in [9.17, 15) is 9.59 Å². The van der Waals surface area contributed by atoms with Crippen molar-refractivity contribution < 1.29 is 9.21 Å². The summed E-state index contributed by atoms with van der Waals surface area (Å²) in [6, 6.07) is 3.59. The Labute approximate surface area is 91.5 Å². The van der Waals surface area contributed by atoms with Crippen LogP contribution in [0.1, 0.15) is 35.2 Å². The molecule has 0 radical (unpaired) electrons. The van der Waals surface area contributed by atoms with Crippen molar-refractivity contribution in [3.63, 3.8) is 0 Å². The van der Waals surface area contributed by atoms with Crippen LogP contribution in [0.5, 0.6) is 0 Å². The van der Waals surface area contributed by atoms with Crippen molar-refractivity contribution in [3.8, 4) is 0 Å². The number of hydrogen-bond donors (Lipinski definition) is 0. The van der Waals surface area contributed by atoms with E-state index in [1.54, 1.807) is 13.1 Å². The molecule has 4 heteroatoms. The Morgan fingerprint density at radius 1 is 1.38 bits per heavy atom. The number of nitrogens with zero attached hydrogens (tertiary/aromatic N) is 1. The normalized spacial score (nSPS) is 19.4. The molecule has 3 rings (SSSR count). The summed E-state index contributed by atoms with van der Waals surface area (Å²) >= 11 is 0. The zero-order valence-electron chi connectivity index (χ0n) is 9.11. The van der Waals surface area contributed by atoms with Crippen molar-refractivity contribution in [1.82, 2.24) is 4.57 Å². The van der Waals surface area contributed by atoms with Crippen molar-refractivity contribution in [2.24, 2.45) is 7.05 Å². The molecule has 2 aromatic rings. The van der Waals surface area contributed by atoms with Gasteiger partial charge in [0, 0.05) is 19.0 Å². The number of rotatable bonds is 0. The minimum absolute atomic E-state index is 0.135. The van der Waals surface area contributed by atoms with E-state index in [-0.39, 0.29) is 11.7 Å². The summed E-state index contributed by atoms with van der Waals surface area (Å²) in [6.45, 7) is 2.02. The van der Waals surface area contributed by atoms with Crippen LogP contribution >= 0.6 is 0 Å². The maximum Gasteiger partial charge on any atom is 0.419 e. The number of aryl methyl sites for hydroxylation is 1. The molecule has 0 N–H and O–H groups in total. The zero-order valence-corrected chi connectivity index (χ0v) is 9.11. The Hall–Kier alpha value is -1.84. The number of oxazole rings is 1. The van der Waals surface area contributed by atoms with Gasteiger partial charge in [-0.3, -0.25) is 9.36 Å². The average Bonchev–Trinajstić information content (AvgIpc) is 2.67. The number of benzene rings is 1. The zero-order chi connectivity index (χ0) is 11.4. The van der Waals surface area contributed by atoms with Gasteiger partial charge in [0.1, 0.15) is 0 Å². The average molecular weight is 217 g/mol. The maximum atomic E-state index is 11.7. The van der Waals surface area contributed by atoms with Crippen molar-refractivity contribution in [2.45, 2.75) is 19.3 Å². The van der Waals surface area contributed by atoms with Crippen molar-refractivity contribution >= 4 is 16.9 Å². The lowest BCUT2D eigenvalue weighted by molar-refractivity contribution is 0.0990. The molecule has 0 fully saturated rings. The van der Waals surface area contributed by atoms with Gasteiger partial charge in [0.15, 0.2) is 11.4 Å². The second kappa shape index (κ2) is 2.84. The molecular weight excluding hydrogens is 206 g/mol. The summed E-state index contributed by atoms with van der Waals surface area (Å²) in [6.07, 6.45) is 0.551. The molecule has 1 heterocycles. The minimum atomic E-state index is -0.390. The fraction of sp³-hybridized carbons (Fsp3) is 0.333. The van der Waals surface area contributed by atoms with E-state index in [0.29, 0.717) is 17.6 Å². The Balaban J connectivity index is 2.43. The predicted molar refractivity (Wildman–Crippen MR) is 58.8 cm³/mol. The van der Waals surface area contributed by atoms with Crippen LogP contribution in [0.15, 0.2) is 21.3 Å². The van der Waals surface area contributed by atoms with Gasteiger partial charge >= 0.3 is 5.76 Å². The lowest BCUT2D eigenvalue weighted by Gasteiger charge is -2.02. The number of ketones is 1. The summed E-state index contributed by atoms with van der Waals surface area (Å²) in [7, 11) is 1.67. The van der Waals surface area contributed by atoms with E-state index in [0.717, 1.165) is 11.1 Å². The molecule has 0 bridgehead atoms. The number of carbonyl (C=O) groups excluding carboxylic acids is 1. The Morgan fingerprint density at radius 3 is 2.88 bits per heavy atom. The summed E-state index contributed by atoms with van der Waals surface area (Å²) < 4.78 is 6.53. The topological polar surface area (TPSA) is 52.2 Å².